The molecule has 1 atom stereocenters. The van der Waals surface area contributed by atoms with Gasteiger partial charge in [0.05, 0.1) is 16.4 Å². The third-order valence-corrected chi connectivity index (χ3v) is 5.28. The predicted octanol–water partition coefficient (Wildman–Crippen LogP) is 0.0424. The highest BCUT2D eigenvalue weighted by Gasteiger charge is 2.29. The third kappa shape index (κ3) is 5.51. The van der Waals surface area contributed by atoms with Crippen molar-refractivity contribution in [2.24, 2.45) is 5.73 Å². The Balaban J connectivity index is 0.00000364. The fourth-order valence-electron chi connectivity index (χ4n) is 2.80. The van der Waals surface area contributed by atoms with Crippen molar-refractivity contribution in [2.75, 3.05) is 51.1 Å². The molecule has 1 saturated heterocycles. The van der Waals surface area contributed by atoms with E-state index >= 15 is 0 Å². The lowest BCUT2D eigenvalue weighted by Gasteiger charge is -2.36. The average molecular weight is 423 g/mol. The summed E-state index contributed by atoms with van der Waals surface area (Å²) in [6.45, 7) is 1.61. The molecule has 2 rings (SSSR count). The Morgan fingerprint density at radius 2 is 1.93 bits per heavy atom. The minimum atomic E-state index is -3.54. The lowest BCUT2D eigenvalue weighted by molar-refractivity contribution is -0.384. The standard InChI is InChI=1S/C15H22N4O6S.ClH/c1-25-10-12(16)15(20)18-7-5-17(6-8-18)13-4-3-11(26(2,23)24)9-14(13)19(21)22;/h3-4,9,12H,5-8,10,16H2,1-2H3;1H. The van der Waals surface area contributed by atoms with Gasteiger partial charge in [0.25, 0.3) is 5.69 Å². The van der Waals surface area contributed by atoms with Gasteiger partial charge in [0.1, 0.15) is 11.7 Å². The van der Waals surface area contributed by atoms with Crippen molar-refractivity contribution in [1.29, 1.82) is 0 Å². The van der Waals surface area contributed by atoms with E-state index in [9.17, 15) is 23.3 Å². The number of nitro groups is 1. The monoisotopic (exact) mass is 422 g/mol. The molecule has 10 nitrogen and oxygen atoms in total. The summed E-state index contributed by atoms with van der Waals surface area (Å²) in [5, 5.41) is 11.4. The summed E-state index contributed by atoms with van der Waals surface area (Å²) in [5.74, 6) is -0.228. The van der Waals surface area contributed by atoms with E-state index in [2.05, 4.69) is 0 Å². The van der Waals surface area contributed by atoms with Crippen molar-refractivity contribution in [3.63, 3.8) is 0 Å². The van der Waals surface area contributed by atoms with E-state index < -0.39 is 20.8 Å². The number of hydrogen-bond donors (Lipinski definition) is 1. The van der Waals surface area contributed by atoms with Crippen molar-refractivity contribution >= 4 is 39.5 Å². The molecule has 1 aliphatic heterocycles. The van der Waals surface area contributed by atoms with Gasteiger partial charge in [-0.25, -0.2) is 8.42 Å². The first kappa shape index (κ1) is 23.1. The molecule has 1 heterocycles. The molecule has 12 heteroatoms. The summed E-state index contributed by atoms with van der Waals surface area (Å²) < 4.78 is 28.1. The number of methoxy groups -OCH3 is 1. The van der Waals surface area contributed by atoms with Crippen LogP contribution in [0.15, 0.2) is 23.1 Å². The summed E-state index contributed by atoms with van der Waals surface area (Å²) in [6.07, 6.45) is 0.999. The highest BCUT2D eigenvalue weighted by atomic mass is 35.5. The summed E-state index contributed by atoms with van der Waals surface area (Å²) >= 11 is 0. The van der Waals surface area contributed by atoms with Crippen molar-refractivity contribution in [2.45, 2.75) is 10.9 Å². The van der Waals surface area contributed by atoms with E-state index in [1.54, 1.807) is 9.80 Å². The summed E-state index contributed by atoms with van der Waals surface area (Å²) in [5.41, 5.74) is 5.80. The number of rotatable bonds is 6. The molecule has 0 saturated carbocycles. The van der Waals surface area contributed by atoms with Gasteiger partial charge in [0.2, 0.25) is 5.91 Å². The summed E-state index contributed by atoms with van der Waals surface area (Å²) in [7, 11) is -2.08. The van der Waals surface area contributed by atoms with E-state index in [1.165, 1.54) is 19.2 Å². The van der Waals surface area contributed by atoms with E-state index in [0.717, 1.165) is 12.3 Å². The van der Waals surface area contributed by atoms with Gasteiger partial charge in [-0.3, -0.25) is 14.9 Å². The number of nitrogens with zero attached hydrogens (tertiary/aromatic N) is 3. The molecule has 152 valence electrons. The van der Waals surface area contributed by atoms with Gasteiger partial charge in [-0.15, -0.1) is 12.4 Å². The molecule has 1 unspecified atom stereocenters. The number of ether oxygens (including phenoxy) is 1. The maximum atomic E-state index is 12.2. The minimum absolute atomic E-state index is 0. The van der Waals surface area contributed by atoms with Crippen LogP contribution in [0.1, 0.15) is 0 Å². The normalized spacial score (nSPS) is 15.8. The Labute approximate surface area is 163 Å². The van der Waals surface area contributed by atoms with Crippen LogP contribution in [0.25, 0.3) is 0 Å². The van der Waals surface area contributed by atoms with Crippen molar-refractivity contribution in [1.82, 2.24) is 4.90 Å². The molecule has 1 fully saturated rings. The van der Waals surface area contributed by atoms with Gasteiger partial charge in [-0.1, -0.05) is 0 Å². The average Bonchev–Trinajstić information content (AvgIpc) is 2.60. The van der Waals surface area contributed by atoms with Gasteiger partial charge in [0.15, 0.2) is 9.84 Å². The lowest BCUT2D eigenvalue weighted by atomic mass is 10.2. The Hall–Kier alpha value is -1.95. The summed E-state index contributed by atoms with van der Waals surface area (Å²) in [6, 6.07) is 3.11. The van der Waals surface area contributed by atoms with Crippen LogP contribution in [0.2, 0.25) is 0 Å². The molecule has 2 N–H and O–H groups in total. The minimum Gasteiger partial charge on any atom is -0.383 e. The fraction of sp³-hybridized carbons (Fsp3) is 0.533. The van der Waals surface area contributed by atoms with Gasteiger partial charge < -0.3 is 20.3 Å². The Bertz CT molecular complexity index is 795. The van der Waals surface area contributed by atoms with Crippen molar-refractivity contribution in [3.05, 3.63) is 28.3 Å². The zero-order chi connectivity index (χ0) is 19.5. The third-order valence-electron chi connectivity index (χ3n) is 4.17. The van der Waals surface area contributed by atoms with E-state index in [4.69, 9.17) is 10.5 Å². The number of sulfone groups is 1. The number of hydrogen-bond acceptors (Lipinski definition) is 8. The number of amides is 1. The van der Waals surface area contributed by atoms with Gasteiger partial charge in [-0.05, 0) is 12.1 Å². The van der Waals surface area contributed by atoms with Crippen LogP contribution in [0, 0.1) is 10.1 Å². The molecule has 0 aliphatic carbocycles. The first-order valence-corrected chi connectivity index (χ1v) is 9.81. The van der Waals surface area contributed by atoms with E-state index in [1.807, 2.05) is 0 Å². The molecule has 0 aromatic heterocycles. The Kier molecular flexibility index (Phi) is 7.96. The van der Waals surface area contributed by atoms with Gasteiger partial charge >= 0.3 is 0 Å². The number of nitrogens with two attached hydrogens (primary N) is 1. The van der Waals surface area contributed by atoms with Crippen molar-refractivity contribution < 1.29 is 22.9 Å². The van der Waals surface area contributed by atoms with Crippen LogP contribution < -0.4 is 10.6 Å². The number of carbonyl (C=O) groups is 1. The van der Waals surface area contributed by atoms with Crippen LogP contribution in [-0.4, -0.2) is 76.3 Å². The number of carbonyl (C=O) groups excluding carboxylic acids is 1. The molecule has 1 aliphatic rings. The summed E-state index contributed by atoms with van der Waals surface area (Å²) in [4.78, 5) is 26.2. The number of halogens is 1. The Morgan fingerprint density at radius 1 is 1.33 bits per heavy atom. The van der Waals surface area contributed by atoms with Crippen LogP contribution in [0.5, 0.6) is 0 Å². The van der Waals surface area contributed by atoms with Crippen LogP contribution in [0.3, 0.4) is 0 Å². The van der Waals surface area contributed by atoms with Gasteiger partial charge in [-0.2, -0.15) is 0 Å². The smallest absolute Gasteiger partial charge is 0.293 e. The van der Waals surface area contributed by atoms with Crippen LogP contribution in [0.4, 0.5) is 11.4 Å². The maximum absolute atomic E-state index is 12.2. The first-order chi connectivity index (χ1) is 12.1. The number of piperazine rings is 1. The first-order valence-electron chi connectivity index (χ1n) is 7.92. The predicted molar refractivity (Wildman–Crippen MR) is 102 cm³/mol. The second-order valence-electron chi connectivity index (χ2n) is 6.05. The number of anilines is 1. The zero-order valence-corrected chi connectivity index (χ0v) is 16.7. The second kappa shape index (κ2) is 9.31. The van der Waals surface area contributed by atoms with Gasteiger partial charge in [0, 0.05) is 45.6 Å². The molecule has 0 bridgehead atoms. The van der Waals surface area contributed by atoms with Crippen LogP contribution >= 0.6 is 12.4 Å². The molecule has 27 heavy (non-hydrogen) atoms. The van der Waals surface area contributed by atoms with E-state index in [-0.39, 0.29) is 35.5 Å². The van der Waals surface area contributed by atoms with E-state index in [0.29, 0.717) is 31.9 Å². The lowest BCUT2D eigenvalue weighted by Crippen LogP contribution is -2.54. The molecule has 0 spiro atoms. The molecule has 0 radical (unpaired) electrons. The zero-order valence-electron chi connectivity index (χ0n) is 15.0. The number of benzene rings is 1. The van der Waals surface area contributed by atoms with Crippen molar-refractivity contribution in [3.8, 4) is 0 Å². The SMILES string of the molecule is COCC(N)C(=O)N1CCN(c2ccc(S(C)(=O)=O)cc2[N+](=O)[O-])CC1.Cl. The largest absolute Gasteiger partial charge is 0.383 e. The molecular weight excluding hydrogens is 400 g/mol. The van der Waals surface area contributed by atoms with Crippen LogP contribution in [-0.2, 0) is 19.4 Å². The maximum Gasteiger partial charge on any atom is 0.293 e. The molecular formula is C15H23ClN4O6S. The quantitative estimate of drug-likeness (QED) is 0.501. The highest BCUT2D eigenvalue weighted by Crippen LogP contribution is 2.31. The highest BCUT2D eigenvalue weighted by molar-refractivity contribution is 7.90. The molecule has 1 aromatic rings. The second-order valence-corrected chi connectivity index (χ2v) is 8.07. The number of nitro benzene ring substituents is 1. The Morgan fingerprint density at radius 3 is 2.41 bits per heavy atom. The fourth-order valence-corrected chi connectivity index (χ4v) is 3.44. The topological polar surface area (TPSA) is 136 Å². The molecule has 1 amide bonds. The molecule has 1 aromatic carbocycles.